The van der Waals surface area contributed by atoms with Gasteiger partial charge < -0.3 is 0 Å². The van der Waals surface area contributed by atoms with E-state index in [-0.39, 0.29) is 5.78 Å². The molecule has 0 aliphatic rings. The minimum absolute atomic E-state index is 0.0851. The van der Waals surface area contributed by atoms with Crippen molar-refractivity contribution >= 4 is 5.78 Å². The van der Waals surface area contributed by atoms with Gasteiger partial charge in [-0.25, -0.2) is 9.97 Å². The molecule has 2 rings (SSSR count). The lowest BCUT2D eigenvalue weighted by atomic mass is 10.1. The van der Waals surface area contributed by atoms with Crippen LogP contribution in [0.2, 0.25) is 0 Å². The third-order valence-electron chi connectivity index (χ3n) is 1.95. The summed E-state index contributed by atoms with van der Waals surface area (Å²) < 4.78 is 0. The topological polar surface area (TPSA) is 55.7 Å². The molecule has 2 aromatic rings. The molecule has 0 aromatic carbocycles. The standard InChI is InChI=1S/C11H9N3O/c1-8(15)10-9(4-2-5-12-10)11-13-6-3-7-14-11/h2-7H,1H3. The summed E-state index contributed by atoms with van der Waals surface area (Å²) in [4.78, 5) is 23.5. The van der Waals surface area contributed by atoms with Gasteiger partial charge in [-0.1, -0.05) is 0 Å². The van der Waals surface area contributed by atoms with Crippen molar-refractivity contribution in [3.8, 4) is 11.4 Å². The Hall–Kier alpha value is -2.10. The van der Waals surface area contributed by atoms with Crippen LogP contribution in [0.15, 0.2) is 36.8 Å². The van der Waals surface area contributed by atoms with Crippen LogP contribution < -0.4 is 0 Å². The smallest absolute Gasteiger partial charge is 0.178 e. The molecule has 0 aliphatic carbocycles. The van der Waals surface area contributed by atoms with Crippen LogP contribution in [0.4, 0.5) is 0 Å². The zero-order valence-corrected chi connectivity index (χ0v) is 8.21. The lowest BCUT2D eigenvalue weighted by Gasteiger charge is -2.02. The van der Waals surface area contributed by atoms with Crippen LogP contribution in [0, 0.1) is 0 Å². The summed E-state index contributed by atoms with van der Waals surface area (Å²) in [6.07, 6.45) is 4.86. The fraction of sp³-hybridized carbons (Fsp3) is 0.0909. The predicted molar refractivity (Wildman–Crippen MR) is 55.3 cm³/mol. The first-order valence-electron chi connectivity index (χ1n) is 4.52. The molecule has 0 fully saturated rings. The Kier molecular flexibility index (Phi) is 2.49. The molecule has 4 heteroatoms. The number of carbonyl (C=O) groups excluding carboxylic acids is 1. The molecule has 0 saturated carbocycles. The average Bonchev–Trinajstić information content (AvgIpc) is 2.30. The summed E-state index contributed by atoms with van der Waals surface area (Å²) in [6.45, 7) is 1.48. The average molecular weight is 199 g/mol. The van der Waals surface area contributed by atoms with Gasteiger partial charge in [0.25, 0.3) is 0 Å². The van der Waals surface area contributed by atoms with Gasteiger partial charge in [-0.15, -0.1) is 0 Å². The van der Waals surface area contributed by atoms with Crippen LogP contribution in [0.25, 0.3) is 11.4 Å². The maximum atomic E-state index is 11.3. The molecule has 0 radical (unpaired) electrons. The van der Waals surface area contributed by atoms with Crippen LogP contribution in [0.1, 0.15) is 17.4 Å². The number of nitrogens with zero attached hydrogens (tertiary/aromatic N) is 3. The molecule has 0 aliphatic heterocycles. The monoisotopic (exact) mass is 199 g/mol. The summed E-state index contributed by atoms with van der Waals surface area (Å²) in [5.41, 5.74) is 1.08. The van der Waals surface area contributed by atoms with Gasteiger partial charge in [0.2, 0.25) is 0 Å². The molecule has 0 N–H and O–H groups in total. The number of ketones is 1. The summed E-state index contributed by atoms with van der Waals surface area (Å²) in [6, 6.07) is 5.28. The van der Waals surface area contributed by atoms with Gasteiger partial charge in [-0.05, 0) is 18.2 Å². The van der Waals surface area contributed by atoms with Crippen LogP contribution in [0.3, 0.4) is 0 Å². The number of rotatable bonds is 2. The van der Waals surface area contributed by atoms with E-state index in [0.29, 0.717) is 17.1 Å². The second kappa shape index (κ2) is 3.96. The van der Waals surface area contributed by atoms with Crippen molar-refractivity contribution in [2.24, 2.45) is 0 Å². The van der Waals surface area contributed by atoms with E-state index >= 15 is 0 Å². The lowest BCUT2D eigenvalue weighted by molar-refractivity contribution is 0.101. The van der Waals surface area contributed by atoms with Crippen LogP contribution >= 0.6 is 0 Å². The molecule has 74 valence electrons. The highest BCUT2D eigenvalue weighted by molar-refractivity contribution is 5.97. The van der Waals surface area contributed by atoms with Crippen molar-refractivity contribution in [1.82, 2.24) is 15.0 Å². The number of hydrogen-bond acceptors (Lipinski definition) is 4. The largest absolute Gasteiger partial charge is 0.293 e. The Morgan fingerprint density at radius 2 is 1.73 bits per heavy atom. The van der Waals surface area contributed by atoms with E-state index in [1.807, 2.05) is 0 Å². The fourth-order valence-electron chi connectivity index (χ4n) is 1.30. The first-order chi connectivity index (χ1) is 7.29. The minimum Gasteiger partial charge on any atom is -0.293 e. The van der Waals surface area contributed by atoms with Crippen molar-refractivity contribution in [2.75, 3.05) is 0 Å². The second-order valence-electron chi connectivity index (χ2n) is 3.03. The number of pyridine rings is 1. The molecule has 2 aromatic heterocycles. The highest BCUT2D eigenvalue weighted by atomic mass is 16.1. The van der Waals surface area contributed by atoms with Crippen LogP contribution in [0.5, 0.6) is 0 Å². The van der Waals surface area contributed by atoms with Crippen molar-refractivity contribution in [1.29, 1.82) is 0 Å². The zero-order chi connectivity index (χ0) is 10.7. The van der Waals surface area contributed by atoms with Crippen molar-refractivity contribution in [3.63, 3.8) is 0 Å². The molecule has 0 spiro atoms. The normalized spacial score (nSPS) is 9.93. The van der Waals surface area contributed by atoms with Crippen molar-refractivity contribution < 1.29 is 4.79 Å². The first kappa shape index (κ1) is 9.45. The number of aromatic nitrogens is 3. The quantitative estimate of drug-likeness (QED) is 0.691. The number of hydrogen-bond donors (Lipinski definition) is 0. The molecule has 0 amide bonds. The fourth-order valence-corrected chi connectivity index (χ4v) is 1.30. The van der Waals surface area contributed by atoms with Crippen LogP contribution in [-0.4, -0.2) is 20.7 Å². The van der Waals surface area contributed by atoms with Crippen molar-refractivity contribution in [2.45, 2.75) is 6.92 Å². The molecule has 0 saturated heterocycles. The number of Topliss-reactive ketones (excluding diaryl/α,β-unsaturated/α-hetero) is 1. The molecule has 0 bridgehead atoms. The highest BCUT2D eigenvalue weighted by Gasteiger charge is 2.11. The summed E-state index contributed by atoms with van der Waals surface area (Å²) in [5.74, 6) is 0.439. The van der Waals surface area contributed by atoms with Crippen molar-refractivity contribution in [3.05, 3.63) is 42.5 Å². The maximum Gasteiger partial charge on any atom is 0.178 e. The van der Waals surface area contributed by atoms with Gasteiger partial charge in [0, 0.05) is 31.1 Å². The molecule has 0 unspecified atom stereocenters. The van der Waals surface area contributed by atoms with E-state index in [9.17, 15) is 4.79 Å². The Bertz CT molecular complexity index is 482. The van der Waals surface area contributed by atoms with E-state index in [1.54, 1.807) is 36.8 Å². The minimum atomic E-state index is -0.0851. The molecule has 15 heavy (non-hydrogen) atoms. The highest BCUT2D eigenvalue weighted by Crippen LogP contribution is 2.17. The Labute approximate surface area is 87.0 Å². The third kappa shape index (κ3) is 1.88. The van der Waals surface area contributed by atoms with E-state index in [2.05, 4.69) is 15.0 Å². The Morgan fingerprint density at radius 1 is 1.07 bits per heavy atom. The summed E-state index contributed by atoms with van der Waals surface area (Å²) in [5, 5.41) is 0. The van der Waals surface area contributed by atoms with Gasteiger partial charge in [0.05, 0.1) is 0 Å². The van der Waals surface area contributed by atoms with Crippen LogP contribution in [-0.2, 0) is 0 Å². The lowest BCUT2D eigenvalue weighted by Crippen LogP contribution is -2.01. The van der Waals surface area contributed by atoms with E-state index in [1.165, 1.54) is 6.92 Å². The molecule has 4 nitrogen and oxygen atoms in total. The Balaban J connectivity index is 2.58. The SMILES string of the molecule is CC(=O)c1ncccc1-c1ncccn1. The molecular weight excluding hydrogens is 190 g/mol. The second-order valence-corrected chi connectivity index (χ2v) is 3.03. The summed E-state index contributed by atoms with van der Waals surface area (Å²) in [7, 11) is 0. The molecule has 0 atom stereocenters. The van der Waals surface area contributed by atoms with Gasteiger partial charge in [0.1, 0.15) is 5.69 Å². The van der Waals surface area contributed by atoms with Gasteiger partial charge >= 0.3 is 0 Å². The van der Waals surface area contributed by atoms with E-state index in [4.69, 9.17) is 0 Å². The molecule has 2 heterocycles. The van der Waals surface area contributed by atoms with Gasteiger partial charge in [-0.3, -0.25) is 9.78 Å². The van der Waals surface area contributed by atoms with E-state index in [0.717, 1.165) is 0 Å². The maximum absolute atomic E-state index is 11.3. The Morgan fingerprint density at radius 3 is 2.40 bits per heavy atom. The molecular formula is C11H9N3O. The number of carbonyl (C=O) groups is 1. The predicted octanol–water partition coefficient (Wildman–Crippen LogP) is 1.74. The summed E-state index contributed by atoms with van der Waals surface area (Å²) >= 11 is 0. The zero-order valence-electron chi connectivity index (χ0n) is 8.21. The first-order valence-corrected chi connectivity index (χ1v) is 4.52. The van der Waals surface area contributed by atoms with Gasteiger partial charge in [-0.2, -0.15) is 0 Å². The third-order valence-corrected chi connectivity index (χ3v) is 1.95. The van der Waals surface area contributed by atoms with E-state index < -0.39 is 0 Å². The van der Waals surface area contributed by atoms with Gasteiger partial charge in [0.15, 0.2) is 11.6 Å².